The van der Waals surface area contributed by atoms with Crippen molar-refractivity contribution in [1.82, 2.24) is 0 Å². The number of halogens is 3. The van der Waals surface area contributed by atoms with Gasteiger partial charge in [0.05, 0.1) is 22.1 Å². The third-order valence-corrected chi connectivity index (χ3v) is 5.45. The summed E-state index contributed by atoms with van der Waals surface area (Å²) in [7, 11) is 0. The minimum absolute atomic E-state index is 0.287. The molecule has 140 valence electrons. The smallest absolute Gasteiger partial charge is 0.269 e. The van der Waals surface area contributed by atoms with Crippen molar-refractivity contribution in [2.75, 3.05) is 10.6 Å². The van der Waals surface area contributed by atoms with E-state index in [9.17, 15) is 4.79 Å². The molecule has 3 aromatic carbocycles. The van der Waals surface area contributed by atoms with Crippen LogP contribution in [0.25, 0.3) is 0 Å². The van der Waals surface area contributed by atoms with Crippen molar-refractivity contribution in [2.24, 2.45) is 4.99 Å². The summed E-state index contributed by atoms with van der Waals surface area (Å²) in [5, 5.41) is 7.12. The molecular formula is C21H14BrCl2N3O. The second-order valence-corrected chi connectivity index (χ2v) is 7.89. The maximum atomic E-state index is 12.9. The number of benzene rings is 3. The van der Waals surface area contributed by atoms with Gasteiger partial charge in [0.25, 0.3) is 5.91 Å². The van der Waals surface area contributed by atoms with E-state index in [0.717, 1.165) is 15.6 Å². The van der Waals surface area contributed by atoms with E-state index >= 15 is 0 Å². The number of fused-ring (bicyclic) bond motifs is 1. The van der Waals surface area contributed by atoms with Gasteiger partial charge in [-0.2, -0.15) is 0 Å². The minimum atomic E-state index is -0.877. The Hall–Kier alpha value is -2.34. The van der Waals surface area contributed by atoms with Crippen LogP contribution in [0.5, 0.6) is 0 Å². The molecule has 0 radical (unpaired) electrons. The van der Waals surface area contributed by atoms with Crippen molar-refractivity contribution in [1.29, 1.82) is 0 Å². The van der Waals surface area contributed by atoms with E-state index in [1.54, 1.807) is 18.2 Å². The van der Waals surface area contributed by atoms with Crippen LogP contribution >= 0.6 is 39.1 Å². The number of hydrogen-bond donors (Lipinski definition) is 2. The fraction of sp³-hybridized carbons (Fsp3) is 0.0476. The molecule has 1 atom stereocenters. The standard InChI is InChI=1S/C21H14BrCl2N3O/c22-12-9-10-17-14(11-12)19(13-5-1-2-6-15(13)23)27-20(21(28)26-17)25-18-8-4-3-7-16(18)24/h1-11,20,25H,(H,26,28). The first-order chi connectivity index (χ1) is 13.5. The molecule has 1 aliphatic heterocycles. The minimum Gasteiger partial charge on any atom is -0.355 e. The molecule has 0 saturated carbocycles. The summed E-state index contributed by atoms with van der Waals surface area (Å²) in [5.41, 5.74) is 3.42. The van der Waals surface area contributed by atoms with Gasteiger partial charge in [-0.15, -0.1) is 0 Å². The van der Waals surface area contributed by atoms with Crippen LogP contribution in [-0.2, 0) is 4.79 Å². The summed E-state index contributed by atoms with van der Waals surface area (Å²) in [6.45, 7) is 0. The Balaban J connectivity index is 1.87. The zero-order valence-electron chi connectivity index (χ0n) is 14.4. The zero-order valence-corrected chi connectivity index (χ0v) is 17.5. The summed E-state index contributed by atoms with van der Waals surface area (Å²) < 4.78 is 0.873. The van der Waals surface area contributed by atoms with Gasteiger partial charge in [-0.05, 0) is 36.4 Å². The zero-order chi connectivity index (χ0) is 19.7. The van der Waals surface area contributed by atoms with Crippen LogP contribution in [0.15, 0.2) is 76.2 Å². The van der Waals surface area contributed by atoms with Crippen molar-refractivity contribution in [2.45, 2.75) is 6.17 Å². The lowest BCUT2D eigenvalue weighted by molar-refractivity contribution is -0.116. The van der Waals surface area contributed by atoms with E-state index in [1.165, 1.54) is 0 Å². The van der Waals surface area contributed by atoms with Crippen LogP contribution in [0.1, 0.15) is 11.1 Å². The highest BCUT2D eigenvalue weighted by Crippen LogP contribution is 2.31. The fourth-order valence-corrected chi connectivity index (χ4v) is 3.75. The summed E-state index contributed by atoms with van der Waals surface area (Å²) in [4.78, 5) is 17.6. The predicted octanol–water partition coefficient (Wildman–Crippen LogP) is 5.98. The average Bonchev–Trinajstić information content (AvgIpc) is 2.81. The number of anilines is 2. The van der Waals surface area contributed by atoms with Crippen LogP contribution in [-0.4, -0.2) is 17.8 Å². The Labute approximate surface area is 180 Å². The van der Waals surface area contributed by atoms with E-state index in [-0.39, 0.29) is 5.91 Å². The first-order valence-corrected chi connectivity index (χ1v) is 10.0. The van der Waals surface area contributed by atoms with Crippen LogP contribution in [0.2, 0.25) is 10.0 Å². The van der Waals surface area contributed by atoms with E-state index in [0.29, 0.717) is 27.1 Å². The molecule has 28 heavy (non-hydrogen) atoms. The van der Waals surface area contributed by atoms with Gasteiger partial charge in [-0.25, -0.2) is 4.99 Å². The van der Waals surface area contributed by atoms with Crippen LogP contribution in [0.4, 0.5) is 11.4 Å². The first kappa shape index (κ1) is 19.0. The van der Waals surface area contributed by atoms with Gasteiger partial charge in [0.1, 0.15) is 0 Å². The highest BCUT2D eigenvalue weighted by molar-refractivity contribution is 9.10. The van der Waals surface area contributed by atoms with E-state index in [1.807, 2.05) is 48.5 Å². The number of amides is 1. The Morgan fingerprint density at radius 2 is 1.64 bits per heavy atom. The molecule has 1 unspecified atom stereocenters. The number of carbonyl (C=O) groups is 1. The number of nitrogens with one attached hydrogen (secondary N) is 2. The molecule has 0 aromatic heterocycles. The molecule has 1 aliphatic rings. The molecule has 0 saturated heterocycles. The molecule has 4 nitrogen and oxygen atoms in total. The Morgan fingerprint density at radius 3 is 2.39 bits per heavy atom. The summed E-state index contributed by atoms with van der Waals surface area (Å²) >= 11 is 16.2. The predicted molar refractivity (Wildman–Crippen MR) is 119 cm³/mol. The monoisotopic (exact) mass is 473 g/mol. The van der Waals surface area contributed by atoms with Crippen molar-refractivity contribution in [3.8, 4) is 0 Å². The normalized spacial score (nSPS) is 15.9. The van der Waals surface area contributed by atoms with E-state index in [4.69, 9.17) is 28.2 Å². The third kappa shape index (κ3) is 3.78. The molecule has 1 heterocycles. The van der Waals surface area contributed by atoms with Crippen molar-refractivity contribution >= 4 is 62.1 Å². The highest BCUT2D eigenvalue weighted by Gasteiger charge is 2.27. The van der Waals surface area contributed by atoms with E-state index in [2.05, 4.69) is 26.6 Å². The molecule has 1 amide bonds. The van der Waals surface area contributed by atoms with Gasteiger partial charge in [0.15, 0.2) is 6.17 Å². The summed E-state index contributed by atoms with van der Waals surface area (Å²) in [5.74, 6) is -0.287. The molecule has 0 fully saturated rings. The number of benzodiazepines with no additional fused rings is 1. The van der Waals surface area contributed by atoms with Gasteiger partial charge in [0.2, 0.25) is 0 Å². The van der Waals surface area contributed by atoms with Crippen molar-refractivity contribution in [3.63, 3.8) is 0 Å². The van der Waals surface area contributed by atoms with Gasteiger partial charge in [-0.1, -0.05) is 69.5 Å². The molecule has 0 aliphatic carbocycles. The quantitative estimate of drug-likeness (QED) is 0.490. The van der Waals surface area contributed by atoms with E-state index < -0.39 is 6.17 Å². The van der Waals surface area contributed by atoms with Gasteiger partial charge in [0, 0.05) is 20.6 Å². The van der Waals surface area contributed by atoms with Gasteiger partial charge in [-0.3, -0.25) is 4.79 Å². The Morgan fingerprint density at radius 1 is 0.929 bits per heavy atom. The maximum Gasteiger partial charge on any atom is 0.269 e. The van der Waals surface area contributed by atoms with Crippen LogP contribution in [0, 0.1) is 0 Å². The third-order valence-electron chi connectivity index (χ3n) is 4.30. The van der Waals surface area contributed by atoms with Crippen molar-refractivity contribution in [3.05, 3.63) is 92.4 Å². The number of hydrogen-bond acceptors (Lipinski definition) is 3. The van der Waals surface area contributed by atoms with Crippen molar-refractivity contribution < 1.29 is 4.79 Å². The second kappa shape index (κ2) is 7.95. The number of para-hydroxylation sites is 1. The molecule has 0 spiro atoms. The fourth-order valence-electron chi connectivity index (χ4n) is 2.97. The largest absolute Gasteiger partial charge is 0.355 e. The molecule has 3 aromatic rings. The van der Waals surface area contributed by atoms with Crippen LogP contribution < -0.4 is 10.6 Å². The van der Waals surface area contributed by atoms with Gasteiger partial charge < -0.3 is 10.6 Å². The van der Waals surface area contributed by atoms with Gasteiger partial charge >= 0.3 is 0 Å². The topological polar surface area (TPSA) is 53.5 Å². The van der Waals surface area contributed by atoms with Crippen LogP contribution in [0.3, 0.4) is 0 Å². The number of nitrogens with zero attached hydrogens (tertiary/aromatic N) is 1. The second-order valence-electron chi connectivity index (χ2n) is 6.16. The lowest BCUT2D eigenvalue weighted by atomic mass is 10.0. The Bertz CT molecular complexity index is 1100. The highest BCUT2D eigenvalue weighted by atomic mass is 79.9. The average molecular weight is 475 g/mol. The lowest BCUT2D eigenvalue weighted by Gasteiger charge is -2.15. The summed E-state index contributed by atoms with van der Waals surface area (Å²) in [6.07, 6.45) is -0.877. The molecule has 0 bridgehead atoms. The molecule has 4 rings (SSSR count). The SMILES string of the molecule is O=C1Nc2ccc(Br)cc2C(c2ccccc2Cl)=NC1Nc1ccccc1Cl. The molecular weight excluding hydrogens is 461 g/mol. The number of aliphatic imine (C=N–C) groups is 1. The first-order valence-electron chi connectivity index (χ1n) is 8.47. The maximum absolute atomic E-state index is 12.9. The number of rotatable bonds is 3. The Kier molecular flexibility index (Phi) is 5.40. The number of carbonyl (C=O) groups excluding carboxylic acids is 1. The molecule has 2 N–H and O–H groups in total. The lowest BCUT2D eigenvalue weighted by Crippen LogP contribution is -2.32. The molecule has 7 heteroatoms. The summed E-state index contributed by atoms with van der Waals surface area (Å²) in [6, 6.07) is 20.3.